The number of benzene rings is 2. The van der Waals surface area contributed by atoms with E-state index in [0.717, 1.165) is 35.1 Å². The quantitative estimate of drug-likeness (QED) is 0.582. The number of aryl methyl sites for hydroxylation is 1. The summed E-state index contributed by atoms with van der Waals surface area (Å²) in [5.41, 5.74) is 2.98. The first-order chi connectivity index (χ1) is 15.6. The van der Waals surface area contributed by atoms with E-state index in [9.17, 15) is 14.7 Å². The van der Waals surface area contributed by atoms with Gasteiger partial charge < -0.3 is 15.7 Å². The van der Waals surface area contributed by atoms with Crippen LogP contribution in [-0.4, -0.2) is 38.9 Å². The van der Waals surface area contributed by atoms with Crippen LogP contribution >= 0.6 is 0 Å². The first-order valence-corrected chi connectivity index (χ1v) is 11.5. The number of nitrogens with one attached hydrogen (secondary N) is 3. The van der Waals surface area contributed by atoms with Crippen molar-refractivity contribution >= 4 is 17.8 Å². The van der Waals surface area contributed by atoms with Crippen molar-refractivity contribution in [2.45, 2.75) is 69.7 Å². The lowest BCUT2D eigenvalue weighted by molar-refractivity contribution is -0.132. The Labute approximate surface area is 193 Å². The van der Waals surface area contributed by atoms with E-state index >= 15 is 0 Å². The number of hydrogen-bond acceptors (Lipinski definition) is 4. The van der Waals surface area contributed by atoms with Crippen molar-refractivity contribution in [3.05, 3.63) is 70.3 Å². The molecule has 7 nitrogen and oxygen atoms in total. The molecule has 0 bridgehead atoms. The van der Waals surface area contributed by atoms with Crippen molar-refractivity contribution in [2.75, 3.05) is 0 Å². The highest BCUT2D eigenvalue weighted by molar-refractivity contribution is 6.00. The van der Waals surface area contributed by atoms with Gasteiger partial charge in [-0.15, -0.1) is 0 Å². The Morgan fingerprint density at radius 1 is 1.12 bits per heavy atom. The number of carbonyl (C=O) groups excluding carboxylic acids is 2. The molecule has 2 amide bonds. The molecule has 2 aliphatic carbocycles. The summed E-state index contributed by atoms with van der Waals surface area (Å²) < 4.78 is 0. The van der Waals surface area contributed by atoms with E-state index in [1.165, 1.54) is 4.90 Å². The Morgan fingerprint density at radius 2 is 1.88 bits per heavy atom. The van der Waals surface area contributed by atoms with Crippen LogP contribution in [0.4, 0.5) is 0 Å². The molecule has 2 aromatic carbocycles. The van der Waals surface area contributed by atoms with E-state index < -0.39 is 17.2 Å². The van der Waals surface area contributed by atoms with Crippen LogP contribution < -0.4 is 10.6 Å². The fourth-order valence-electron chi connectivity index (χ4n) is 5.58. The first kappa shape index (κ1) is 21.6. The highest BCUT2D eigenvalue weighted by atomic mass is 16.3. The van der Waals surface area contributed by atoms with Crippen LogP contribution in [0.3, 0.4) is 0 Å². The fraction of sp³-hybridized carbons (Fsp3) is 0.423. The van der Waals surface area contributed by atoms with Gasteiger partial charge in [-0.25, -0.2) is 0 Å². The number of fused-ring (bicyclic) bond motifs is 2. The molecule has 172 valence electrons. The van der Waals surface area contributed by atoms with E-state index in [0.29, 0.717) is 18.4 Å². The molecule has 0 saturated carbocycles. The highest BCUT2D eigenvalue weighted by Gasteiger charge is 2.43. The lowest BCUT2D eigenvalue weighted by Gasteiger charge is -2.41. The van der Waals surface area contributed by atoms with Crippen LogP contribution in [0.5, 0.6) is 0 Å². The van der Waals surface area contributed by atoms with Gasteiger partial charge in [0.05, 0.1) is 17.7 Å². The third-order valence-corrected chi connectivity index (χ3v) is 7.14. The summed E-state index contributed by atoms with van der Waals surface area (Å²) in [6, 6.07) is 12.6. The maximum atomic E-state index is 13.2. The molecular formula is C26H30N4O3. The van der Waals surface area contributed by atoms with Crippen molar-refractivity contribution in [1.29, 1.82) is 5.41 Å². The molecule has 3 atom stereocenters. The predicted octanol–water partition coefficient (Wildman–Crippen LogP) is 2.99. The van der Waals surface area contributed by atoms with Crippen molar-refractivity contribution in [1.82, 2.24) is 15.5 Å². The summed E-state index contributed by atoms with van der Waals surface area (Å²) >= 11 is 0. The first-order valence-electron chi connectivity index (χ1n) is 11.5. The van der Waals surface area contributed by atoms with Crippen LogP contribution in [0.25, 0.3) is 0 Å². The van der Waals surface area contributed by atoms with Gasteiger partial charge in [-0.3, -0.25) is 19.9 Å². The molecule has 1 saturated heterocycles. The van der Waals surface area contributed by atoms with Gasteiger partial charge >= 0.3 is 0 Å². The third kappa shape index (κ3) is 3.70. The zero-order chi connectivity index (χ0) is 23.5. The fourth-order valence-corrected chi connectivity index (χ4v) is 5.58. The largest absolute Gasteiger partial charge is 0.387 e. The molecule has 4 N–H and O–H groups in total. The summed E-state index contributed by atoms with van der Waals surface area (Å²) in [6.45, 7) is 5.58. The number of guanidine groups is 1. The zero-order valence-corrected chi connectivity index (χ0v) is 19.2. The van der Waals surface area contributed by atoms with Crippen LogP contribution in [0.1, 0.15) is 78.3 Å². The lowest BCUT2D eigenvalue weighted by atomic mass is 9.95. The lowest BCUT2D eigenvalue weighted by Crippen LogP contribution is -2.60. The van der Waals surface area contributed by atoms with Gasteiger partial charge in [-0.1, -0.05) is 30.3 Å². The smallest absolute Gasteiger partial charge is 0.251 e. The molecule has 2 aromatic rings. The number of rotatable bonds is 3. The predicted molar refractivity (Wildman–Crippen MR) is 125 cm³/mol. The SMILES string of the molecule is CC1(C)CC(=O)N([C@@H]2CCc3ccc(C(=O)N[C@@H]4c5ccccc5C[C@@]4(C)O)cc32)C(=N)N1. The minimum Gasteiger partial charge on any atom is -0.387 e. The van der Waals surface area contributed by atoms with E-state index in [-0.39, 0.29) is 23.8 Å². The molecule has 1 aliphatic heterocycles. The molecule has 0 spiro atoms. The van der Waals surface area contributed by atoms with Gasteiger partial charge in [-0.05, 0) is 68.0 Å². The summed E-state index contributed by atoms with van der Waals surface area (Å²) in [5, 5.41) is 25.5. The molecule has 7 heteroatoms. The number of carbonyl (C=O) groups is 2. The van der Waals surface area contributed by atoms with Crippen LogP contribution in [0.15, 0.2) is 42.5 Å². The van der Waals surface area contributed by atoms with Crippen LogP contribution in [0, 0.1) is 5.41 Å². The zero-order valence-electron chi connectivity index (χ0n) is 19.2. The molecule has 1 fully saturated rings. The van der Waals surface area contributed by atoms with Gasteiger partial charge in [0.15, 0.2) is 5.96 Å². The third-order valence-electron chi connectivity index (χ3n) is 7.14. The maximum Gasteiger partial charge on any atom is 0.251 e. The minimum absolute atomic E-state index is 0.0740. The Bertz CT molecular complexity index is 1150. The standard InChI is InChI=1S/C26H30N4O3/c1-25(2)14-21(31)30(24(27)29-25)20-11-10-15-8-9-16(12-19(15)20)23(32)28-22-18-7-5-4-6-17(18)13-26(22,3)33/h4-9,12,20,22,33H,10-11,13-14H2,1-3H3,(H2,27,29)(H,28,32)/t20-,22-,26-/m1/s1. The highest BCUT2D eigenvalue weighted by Crippen LogP contribution is 2.40. The summed E-state index contributed by atoms with van der Waals surface area (Å²) in [6.07, 6.45) is 2.33. The van der Waals surface area contributed by atoms with Gasteiger partial charge in [-0.2, -0.15) is 0 Å². The van der Waals surface area contributed by atoms with E-state index in [1.54, 1.807) is 13.0 Å². The summed E-state index contributed by atoms with van der Waals surface area (Å²) in [7, 11) is 0. The van der Waals surface area contributed by atoms with Crippen LogP contribution in [0.2, 0.25) is 0 Å². The Kier molecular flexibility index (Phi) is 4.86. The normalized spacial score (nSPS) is 27.7. The Hall–Kier alpha value is -3.19. The molecule has 33 heavy (non-hydrogen) atoms. The van der Waals surface area contributed by atoms with E-state index in [2.05, 4.69) is 10.6 Å². The monoisotopic (exact) mass is 446 g/mol. The second kappa shape index (κ2) is 7.42. The topological polar surface area (TPSA) is 106 Å². The maximum absolute atomic E-state index is 13.2. The van der Waals surface area contributed by atoms with Crippen LogP contribution in [-0.2, 0) is 17.6 Å². The second-order valence-electron chi connectivity index (χ2n) is 10.4. The molecule has 0 aromatic heterocycles. The molecule has 1 heterocycles. The van der Waals surface area contributed by atoms with Crippen molar-refractivity contribution in [3.63, 3.8) is 0 Å². The second-order valence-corrected chi connectivity index (χ2v) is 10.4. The molecular weight excluding hydrogens is 416 g/mol. The van der Waals surface area contributed by atoms with Gasteiger partial charge in [0.1, 0.15) is 0 Å². The summed E-state index contributed by atoms with van der Waals surface area (Å²) in [5.74, 6) is -0.220. The molecule has 0 unspecified atom stereocenters. The number of hydrogen-bond donors (Lipinski definition) is 4. The van der Waals surface area contributed by atoms with Gasteiger partial charge in [0.2, 0.25) is 5.91 Å². The summed E-state index contributed by atoms with van der Waals surface area (Å²) in [4.78, 5) is 27.7. The number of aliphatic hydroxyl groups is 1. The van der Waals surface area contributed by atoms with Gasteiger partial charge in [0.25, 0.3) is 5.91 Å². The van der Waals surface area contributed by atoms with Crippen molar-refractivity contribution < 1.29 is 14.7 Å². The van der Waals surface area contributed by atoms with E-state index in [1.807, 2.05) is 50.2 Å². The average Bonchev–Trinajstić information content (AvgIpc) is 3.24. The van der Waals surface area contributed by atoms with Crippen molar-refractivity contribution in [2.24, 2.45) is 0 Å². The van der Waals surface area contributed by atoms with E-state index in [4.69, 9.17) is 5.41 Å². The average molecular weight is 447 g/mol. The minimum atomic E-state index is -1.06. The Balaban J connectivity index is 1.41. The van der Waals surface area contributed by atoms with Crippen molar-refractivity contribution in [3.8, 4) is 0 Å². The molecule has 3 aliphatic rings. The Morgan fingerprint density at radius 3 is 2.64 bits per heavy atom. The van der Waals surface area contributed by atoms with Gasteiger partial charge in [0, 0.05) is 23.9 Å². The molecule has 0 radical (unpaired) electrons. The molecule has 5 rings (SSSR count). The number of amides is 2. The number of nitrogens with zero attached hydrogens (tertiary/aromatic N) is 1.